The van der Waals surface area contributed by atoms with Crippen molar-refractivity contribution in [3.63, 3.8) is 0 Å². The first-order valence-electron chi connectivity index (χ1n) is 5.41. The molecule has 18 heavy (non-hydrogen) atoms. The fraction of sp³-hybridized carbons (Fsp3) is 0.417. The molecule has 0 aromatic heterocycles. The summed E-state index contributed by atoms with van der Waals surface area (Å²) < 4.78 is 40.9. The van der Waals surface area contributed by atoms with Crippen LogP contribution in [-0.4, -0.2) is 25.7 Å². The highest BCUT2D eigenvalue weighted by Gasteiger charge is 2.45. The van der Waals surface area contributed by atoms with Gasteiger partial charge in [0.1, 0.15) is 10.7 Å². The number of carbonyl (C=O) groups excluding carboxylic acids is 1. The third kappa shape index (κ3) is 2.38. The van der Waals surface area contributed by atoms with Crippen LogP contribution in [0.2, 0.25) is 0 Å². The second-order valence-corrected chi connectivity index (χ2v) is 6.63. The lowest BCUT2D eigenvalue weighted by Gasteiger charge is -2.22. The van der Waals surface area contributed by atoms with Crippen molar-refractivity contribution in [2.75, 3.05) is 6.61 Å². The van der Waals surface area contributed by atoms with E-state index in [4.69, 9.17) is 4.74 Å². The molecule has 1 rings (SSSR count). The minimum absolute atomic E-state index is 0.0645. The number of sulfone groups is 1. The number of rotatable bonds is 4. The molecule has 0 saturated carbocycles. The average molecular weight is 274 g/mol. The highest BCUT2D eigenvalue weighted by molar-refractivity contribution is 7.93. The van der Waals surface area contributed by atoms with Crippen LogP contribution in [0, 0.1) is 5.82 Å². The maximum Gasteiger partial charge on any atom is 0.327 e. The van der Waals surface area contributed by atoms with Gasteiger partial charge in [-0.2, -0.15) is 0 Å². The lowest BCUT2D eigenvalue weighted by molar-refractivity contribution is -0.145. The van der Waals surface area contributed by atoms with Crippen LogP contribution < -0.4 is 0 Å². The van der Waals surface area contributed by atoms with E-state index in [9.17, 15) is 17.6 Å². The SMILES string of the molecule is CCOC(=O)C(C)(C)S(=O)(=O)c1ccccc1F. The molecule has 1 aromatic carbocycles. The van der Waals surface area contributed by atoms with E-state index < -0.39 is 31.3 Å². The van der Waals surface area contributed by atoms with Crippen molar-refractivity contribution >= 4 is 15.8 Å². The largest absolute Gasteiger partial charge is 0.465 e. The van der Waals surface area contributed by atoms with E-state index in [1.54, 1.807) is 6.92 Å². The molecule has 0 radical (unpaired) electrons. The van der Waals surface area contributed by atoms with E-state index in [-0.39, 0.29) is 6.61 Å². The minimum atomic E-state index is -4.14. The summed E-state index contributed by atoms with van der Waals surface area (Å²) in [5, 5.41) is 0. The molecular formula is C12H15FO4S. The number of benzene rings is 1. The van der Waals surface area contributed by atoms with Crippen molar-refractivity contribution < 1.29 is 22.3 Å². The van der Waals surface area contributed by atoms with Crippen molar-refractivity contribution in [2.24, 2.45) is 0 Å². The molecule has 0 saturated heterocycles. The Labute approximate surface area is 106 Å². The van der Waals surface area contributed by atoms with Crippen LogP contribution in [-0.2, 0) is 19.4 Å². The Kier molecular flexibility index (Phi) is 4.11. The number of ether oxygens (including phenoxy) is 1. The van der Waals surface area contributed by atoms with E-state index in [2.05, 4.69) is 0 Å². The zero-order valence-corrected chi connectivity index (χ0v) is 11.3. The van der Waals surface area contributed by atoms with Crippen molar-refractivity contribution in [3.8, 4) is 0 Å². The summed E-state index contributed by atoms with van der Waals surface area (Å²) in [5.41, 5.74) is 0. The fourth-order valence-corrected chi connectivity index (χ4v) is 2.76. The molecule has 0 unspecified atom stereocenters. The van der Waals surface area contributed by atoms with E-state index in [0.717, 1.165) is 12.1 Å². The molecule has 0 amide bonds. The molecule has 0 aliphatic heterocycles. The van der Waals surface area contributed by atoms with Crippen LogP contribution >= 0.6 is 0 Å². The molecule has 6 heteroatoms. The average Bonchev–Trinajstić information content (AvgIpc) is 2.29. The lowest BCUT2D eigenvalue weighted by atomic mass is 10.2. The summed E-state index contributed by atoms with van der Waals surface area (Å²) in [6.45, 7) is 4.04. The Morgan fingerprint density at radius 2 is 1.89 bits per heavy atom. The van der Waals surface area contributed by atoms with Crippen molar-refractivity contribution in [1.82, 2.24) is 0 Å². The van der Waals surface area contributed by atoms with Gasteiger partial charge in [-0.1, -0.05) is 12.1 Å². The third-order valence-electron chi connectivity index (χ3n) is 2.57. The summed E-state index contributed by atoms with van der Waals surface area (Å²) in [6, 6.07) is 4.95. The molecular weight excluding hydrogens is 259 g/mol. The summed E-state index contributed by atoms with van der Waals surface area (Å²) >= 11 is 0. The Hall–Kier alpha value is -1.43. The quantitative estimate of drug-likeness (QED) is 0.787. The molecule has 0 N–H and O–H groups in total. The van der Waals surface area contributed by atoms with E-state index in [1.165, 1.54) is 26.0 Å². The van der Waals surface area contributed by atoms with Gasteiger partial charge in [0.15, 0.2) is 14.6 Å². The van der Waals surface area contributed by atoms with Gasteiger partial charge in [0, 0.05) is 0 Å². The molecule has 0 aliphatic rings. The zero-order chi connectivity index (χ0) is 14.0. The zero-order valence-electron chi connectivity index (χ0n) is 10.4. The maximum absolute atomic E-state index is 13.5. The number of halogens is 1. The monoisotopic (exact) mass is 274 g/mol. The fourth-order valence-electron chi connectivity index (χ4n) is 1.35. The summed E-state index contributed by atoms with van der Waals surface area (Å²) in [4.78, 5) is 11.2. The smallest absolute Gasteiger partial charge is 0.327 e. The highest BCUT2D eigenvalue weighted by Crippen LogP contribution is 2.28. The molecule has 0 fully saturated rings. The second kappa shape index (κ2) is 5.06. The van der Waals surface area contributed by atoms with Gasteiger partial charge in [-0.05, 0) is 32.9 Å². The van der Waals surface area contributed by atoms with Gasteiger partial charge in [0.05, 0.1) is 6.61 Å². The van der Waals surface area contributed by atoms with Gasteiger partial charge in [-0.15, -0.1) is 0 Å². The molecule has 4 nitrogen and oxygen atoms in total. The van der Waals surface area contributed by atoms with E-state index >= 15 is 0 Å². The lowest BCUT2D eigenvalue weighted by Crippen LogP contribution is -2.42. The maximum atomic E-state index is 13.5. The van der Waals surface area contributed by atoms with Crippen LogP contribution in [0.1, 0.15) is 20.8 Å². The number of hydrogen-bond acceptors (Lipinski definition) is 4. The van der Waals surface area contributed by atoms with Gasteiger partial charge in [-0.3, -0.25) is 4.79 Å². The molecule has 100 valence electrons. The molecule has 0 aliphatic carbocycles. The van der Waals surface area contributed by atoms with Gasteiger partial charge < -0.3 is 4.74 Å². The van der Waals surface area contributed by atoms with Crippen LogP contribution in [0.25, 0.3) is 0 Å². The van der Waals surface area contributed by atoms with Crippen LogP contribution in [0.15, 0.2) is 29.2 Å². The standard InChI is InChI=1S/C12H15FO4S/c1-4-17-11(14)12(2,3)18(15,16)10-8-6-5-7-9(10)13/h5-8H,4H2,1-3H3. The Bertz CT molecular complexity index is 549. The molecule has 1 aromatic rings. The van der Waals surface area contributed by atoms with Gasteiger partial charge in [-0.25, -0.2) is 12.8 Å². The Morgan fingerprint density at radius 1 is 1.33 bits per heavy atom. The molecule has 0 heterocycles. The first-order chi connectivity index (χ1) is 8.25. The predicted octanol–water partition coefficient (Wildman–Crippen LogP) is 1.94. The van der Waals surface area contributed by atoms with Crippen molar-refractivity contribution in [3.05, 3.63) is 30.1 Å². The molecule has 0 spiro atoms. The summed E-state index contributed by atoms with van der Waals surface area (Å²) in [6.07, 6.45) is 0. The first kappa shape index (κ1) is 14.6. The Balaban J connectivity index is 3.31. The normalized spacial score (nSPS) is 12.2. The van der Waals surface area contributed by atoms with Gasteiger partial charge in [0.25, 0.3) is 0 Å². The molecule has 0 bridgehead atoms. The van der Waals surface area contributed by atoms with Crippen molar-refractivity contribution in [2.45, 2.75) is 30.4 Å². The first-order valence-corrected chi connectivity index (χ1v) is 6.90. The number of esters is 1. The van der Waals surface area contributed by atoms with Gasteiger partial charge >= 0.3 is 5.97 Å². The summed E-state index contributed by atoms with van der Waals surface area (Å²) in [7, 11) is -4.14. The highest BCUT2D eigenvalue weighted by atomic mass is 32.2. The van der Waals surface area contributed by atoms with Crippen LogP contribution in [0.4, 0.5) is 4.39 Å². The number of hydrogen-bond donors (Lipinski definition) is 0. The van der Waals surface area contributed by atoms with Crippen LogP contribution in [0.5, 0.6) is 0 Å². The Morgan fingerprint density at radius 3 is 2.39 bits per heavy atom. The predicted molar refractivity (Wildman–Crippen MR) is 64.3 cm³/mol. The molecule has 0 atom stereocenters. The summed E-state index contributed by atoms with van der Waals surface area (Å²) in [5.74, 6) is -1.77. The second-order valence-electron chi connectivity index (χ2n) is 4.16. The van der Waals surface area contributed by atoms with Crippen molar-refractivity contribution in [1.29, 1.82) is 0 Å². The topological polar surface area (TPSA) is 60.4 Å². The van der Waals surface area contributed by atoms with E-state index in [1.807, 2.05) is 0 Å². The van der Waals surface area contributed by atoms with Crippen LogP contribution in [0.3, 0.4) is 0 Å². The van der Waals surface area contributed by atoms with Gasteiger partial charge in [0.2, 0.25) is 0 Å². The minimum Gasteiger partial charge on any atom is -0.465 e. The third-order valence-corrected chi connectivity index (χ3v) is 4.99. The van der Waals surface area contributed by atoms with E-state index in [0.29, 0.717) is 0 Å². The number of carbonyl (C=O) groups is 1.